The van der Waals surface area contributed by atoms with Crippen LogP contribution in [0.5, 0.6) is 0 Å². The van der Waals surface area contributed by atoms with E-state index in [2.05, 4.69) is 0 Å². The SMILES string of the molecule is CCOC(=O)c1cc(C2OC(C)O2)cn1N. The summed E-state index contributed by atoms with van der Waals surface area (Å²) in [5.41, 5.74) is 0.993. The topological polar surface area (TPSA) is 75.7 Å². The zero-order valence-corrected chi connectivity index (χ0v) is 9.17. The highest BCUT2D eigenvalue weighted by molar-refractivity contribution is 5.88. The molecule has 16 heavy (non-hydrogen) atoms. The third-order valence-electron chi connectivity index (χ3n) is 2.26. The van der Waals surface area contributed by atoms with E-state index in [9.17, 15) is 4.79 Å². The molecule has 0 aromatic carbocycles. The maximum Gasteiger partial charge on any atom is 0.356 e. The minimum Gasteiger partial charge on any atom is -0.461 e. The Bertz CT molecular complexity index is 396. The van der Waals surface area contributed by atoms with Crippen molar-refractivity contribution in [3.8, 4) is 0 Å². The fraction of sp³-hybridized carbons (Fsp3) is 0.500. The third kappa shape index (κ3) is 1.89. The van der Waals surface area contributed by atoms with Crippen LogP contribution in [-0.4, -0.2) is 23.5 Å². The molecule has 1 saturated heterocycles. The Balaban J connectivity index is 2.12. The van der Waals surface area contributed by atoms with E-state index >= 15 is 0 Å². The number of ether oxygens (including phenoxy) is 3. The molecule has 0 spiro atoms. The van der Waals surface area contributed by atoms with Crippen molar-refractivity contribution in [3.63, 3.8) is 0 Å². The summed E-state index contributed by atoms with van der Waals surface area (Å²) in [6.07, 6.45) is 0.938. The van der Waals surface area contributed by atoms with Gasteiger partial charge < -0.3 is 20.1 Å². The van der Waals surface area contributed by atoms with Crippen LogP contribution < -0.4 is 5.84 Å². The summed E-state index contributed by atoms with van der Waals surface area (Å²) in [5, 5.41) is 0. The molecule has 0 bridgehead atoms. The lowest BCUT2D eigenvalue weighted by Crippen LogP contribution is -2.31. The number of aromatic nitrogens is 1. The lowest BCUT2D eigenvalue weighted by Gasteiger charge is -2.33. The first-order valence-corrected chi connectivity index (χ1v) is 5.07. The summed E-state index contributed by atoms with van der Waals surface area (Å²) in [6.45, 7) is 3.84. The van der Waals surface area contributed by atoms with Gasteiger partial charge in [-0.2, -0.15) is 0 Å². The standard InChI is InChI=1S/C10H14N2O4/c1-3-14-9(13)8-4-7(5-12(8)11)10-15-6(2)16-10/h4-6,10H,3,11H2,1-2H3. The molecular weight excluding hydrogens is 212 g/mol. The number of hydrogen-bond donors (Lipinski definition) is 1. The Labute approximate surface area is 92.8 Å². The molecule has 1 aromatic rings. The van der Waals surface area contributed by atoms with Crippen LogP contribution in [0.2, 0.25) is 0 Å². The first-order chi connectivity index (χ1) is 7.61. The minimum atomic E-state index is -0.455. The van der Waals surface area contributed by atoms with Crippen LogP contribution in [0.15, 0.2) is 12.3 Å². The molecule has 1 aliphatic heterocycles. The highest BCUT2D eigenvalue weighted by atomic mass is 16.9. The van der Waals surface area contributed by atoms with E-state index in [1.54, 1.807) is 26.1 Å². The van der Waals surface area contributed by atoms with Gasteiger partial charge in [-0.15, -0.1) is 0 Å². The molecule has 0 amide bonds. The molecule has 0 radical (unpaired) electrons. The van der Waals surface area contributed by atoms with Gasteiger partial charge in [0.05, 0.1) is 6.61 Å². The van der Waals surface area contributed by atoms with Gasteiger partial charge in [-0.25, -0.2) is 4.79 Å². The summed E-state index contributed by atoms with van der Waals surface area (Å²) in [7, 11) is 0. The highest BCUT2D eigenvalue weighted by Gasteiger charge is 2.30. The minimum absolute atomic E-state index is 0.211. The summed E-state index contributed by atoms with van der Waals surface area (Å²) in [4.78, 5) is 11.5. The highest BCUT2D eigenvalue weighted by Crippen LogP contribution is 2.31. The molecule has 88 valence electrons. The Morgan fingerprint density at radius 2 is 2.31 bits per heavy atom. The van der Waals surface area contributed by atoms with Crippen molar-refractivity contribution in [1.82, 2.24) is 4.68 Å². The average molecular weight is 226 g/mol. The second-order valence-corrected chi connectivity index (χ2v) is 3.46. The molecule has 2 rings (SSSR count). The number of rotatable bonds is 3. The summed E-state index contributed by atoms with van der Waals surface area (Å²) >= 11 is 0. The molecule has 6 heteroatoms. The van der Waals surface area contributed by atoms with Gasteiger partial charge in [0.1, 0.15) is 5.69 Å². The molecule has 1 fully saturated rings. The molecule has 6 nitrogen and oxygen atoms in total. The molecule has 2 heterocycles. The second-order valence-electron chi connectivity index (χ2n) is 3.46. The third-order valence-corrected chi connectivity index (χ3v) is 2.26. The van der Waals surface area contributed by atoms with Crippen molar-refractivity contribution < 1.29 is 19.0 Å². The van der Waals surface area contributed by atoms with Crippen molar-refractivity contribution >= 4 is 5.97 Å². The van der Waals surface area contributed by atoms with E-state index in [1.165, 1.54) is 4.68 Å². The van der Waals surface area contributed by atoms with Gasteiger partial charge in [-0.05, 0) is 19.9 Å². The zero-order chi connectivity index (χ0) is 11.7. The van der Waals surface area contributed by atoms with Gasteiger partial charge >= 0.3 is 5.97 Å². The Hall–Kier alpha value is -1.53. The average Bonchev–Trinajstić information content (AvgIpc) is 2.56. The molecule has 2 N–H and O–H groups in total. The predicted molar refractivity (Wildman–Crippen MR) is 54.9 cm³/mol. The van der Waals surface area contributed by atoms with Gasteiger partial charge in [0, 0.05) is 11.8 Å². The van der Waals surface area contributed by atoms with Crippen LogP contribution in [0.1, 0.15) is 36.2 Å². The van der Waals surface area contributed by atoms with Crippen LogP contribution in [0.4, 0.5) is 0 Å². The Morgan fingerprint density at radius 1 is 1.62 bits per heavy atom. The number of nitrogens with zero attached hydrogens (tertiary/aromatic N) is 1. The van der Waals surface area contributed by atoms with E-state index in [-0.39, 0.29) is 12.0 Å². The monoisotopic (exact) mass is 226 g/mol. The number of carbonyl (C=O) groups excluding carboxylic acids is 1. The van der Waals surface area contributed by atoms with E-state index in [0.29, 0.717) is 12.2 Å². The maximum absolute atomic E-state index is 11.5. The number of nitrogens with two attached hydrogens (primary N) is 1. The second kappa shape index (κ2) is 4.15. The molecule has 1 aliphatic rings. The zero-order valence-electron chi connectivity index (χ0n) is 9.17. The van der Waals surface area contributed by atoms with Crippen LogP contribution in [0.25, 0.3) is 0 Å². The van der Waals surface area contributed by atoms with Gasteiger partial charge in [0.25, 0.3) is 0 Å². The smallest absolute Gasteiger partial charge is 0.356 e. The van der Waals surface area contributed by atoms with E-state index in [0.717, 1.165) is 0 Å². The largest absolute Gasteiger partial charge is 0.461 e. The molecule has 1 aromatic heterocycles. The number of nitrogen functional groups attached to an aromatic ring is 1. The van der Waals surface area contributed by atoms with E-state index in [1.807, 2.05) is 0 Å². The first-order valence-electron chi connectivity index (χ1n) is 5.07. The van der Waals surface area contributed by atoms with Crippen LogP contribution in [0, 0.1) is 0 Å². The maximum atomic E-state index is 11.5. The molecule has 0 saturated carbocycles. The van der Waals surface area contributed by atoms with Crippen molar-refractivity contribution in [2.24, 2.45) is 0 Å². The number of hydrogen-bond acceptors (Lipinski definition) is 5. The van der Waals surface area contributed by atoms with Gasteiger partial charge in [-0.1, -0.05) is 0 Å². The van der Waals surface area contributed by atoms with Crippen molar-refractivity contribution in [1.29, 1.82) is 0 Å². The first kappa shape index (κ1) is 11.0. The van der Waals surface area contributed by atoms with Gasteiger partial charge in [0.15, 0.2) is 12.6 Å². The van der Waals surface area contributed by atoms with Crippen LogP contribution >= 0.6 is 0 Å². The normalized spacial score (nSPS) is 23.9. The predicted octanol–water partition coefficient (Wildman–Crippen LogP) is 0.770. The lowest BCUT2D eigenvalue weighted by atomic mass is 10.3. The quantitative estimate of drug-likeness (QED) is 0.608. The van der Waals surface area contributed by atoms with E-state index in [4.69, 9.17) is 20.1 Å². The fourth-order valence-corrected chi connectivity index (χ4v) is 1.51. The van der Waals surface area contributed by atoms with Crippen LogP contribution in [-0.2, 0) is 14.2 Å². The molecular formula is C10H14N2O4. The summed E-state index contributed by atoms with van der Waals surface area (Å²) in [6, 6.07) is 1.61. The van der Waals surface area contributed by atoms with Crippen molar-refractivity contribution in [2.75, 3.05) is 12.4 Å². The summed E-state index contributed by atoms with van der Waals surface area (Å²) in [5.74, 6) is 5.17. The van der Waals surface area contributed by atoms with Crippen molar-refractivity contribution in [2.45, 2.75) is 26.4 Å². The summed E-state index contributed by atoms with van der Waals surface area (Å²) < 4.78 is 16.6. The molecule has 0 unspecified atom stereocenters. The molecule has 0 atom stereocenters. The lowest BCUT2D eigenvalue weighted by molar-refractivity contribution is -0.382. The number of esters is 1. The van der Waals surface area contributed by atoms with Gasteiger partial charge in [-0.3, -0.25) is 4.68 Å². The van der Waals surface area contributed by atoms with Crippen LogP contribution in [0.3, 0.4) is 0 Å². The van der Waals surface area contributed by atoms with Crippen molar-refractivity contribution in [3.05, 3.63) is 23.5 Å². The Morgan fingerprint density at radius 3 is 2.88 bits per heavy atom. The Kier molecular flexibility index (Phi) is 2.84. The number of carbonyl (C=O) groups is 1. The van der Waals surface area contributed by atoms with E-state index < -0.39 is 12.3 Å². The van der Waals surface area contributed by atoms with Gasteiger partial charge in [0.2, 0.25) is 0 Å². The molecule has 0 aliphatic carbocycles. The fourth-order valence-electron chi connectivity index (χ4n) is 1.51.